The summed E-state index contributed by atoms with van der Waals surface area (Å²) in [6.07, 6.45) is -4.82. The molecule has 2 aromatic carbocycles. The Kier molecular flexibility index (Phi) is 8.19. The van der Waals surface area contributed by atoms with Gasteiger partial charge in [0.2, 0.25) is 16.8 Å². The van der Waals surface area contributed by atoms with Gasteiger partial charge in [-0.25, -0.2) is 22.2 Å². The van der Waals surface area contributed by atoms with Crippen molar-refractivity contribution < 1.29 is 35.2 Å². The van der Waals surface area contributed by atoms with Gasteiger partial charge in [-0.3, -0.25) is 9.10 Å². The molecule has 0 saturated carbocycles. The number of rotatable bonds is 8. The Morgan fingerprint density at radius 3 is 2.33 bits per heavy atom. The molecule has 0 fully saturated rings. The fourth-order valence-corrected chi connectivity index (χ4v) is 4.06. The van der Waals surface area contributed by atoms with Gasteiger partial charge in [-0.1, -0.05) is 29.8 Å². The zero-order chi connectivity index (χ0) is 26.8. The van der Waals surface area contributed by atoms with E-state index in [0.29, 0.717) is 4.31 Å². The summed E-state index contributed by atoms with van der Waals surface area (Å²) in [5.74, 6) is -3.65. The molecule has 3 aromatic rings. The fraction of sp³-hybridized carbons (Fsp3) is 0.217. The second-order valence-electron chi connectivity index (χ2n) is 7.80. The van der Waals surface area contributed by atoms with E-state index in [4.69, 9.17) is 17.3 Å². The number of amides is 1. The number of carbonyl (C=O) groups is 1. The topological polar surface area (TPSA) is 93.4 Å². The Morgan fingerprint density at radius 2 is 1.78 bits per heavy atom. The molecule has 1 heterocycles. The average molecular weight is 548 g/mol. The Hall–Kier alpha value is -3.25. The van der Waals surface area contributed by atoms with Crippen LogP contribution in [0.25, 0.3) is 11.3 Å². The van der Waals surface area contributed by atoms with Crippen molar-refractivity contribution in [2.75, 3.05) is 11.4 Å². The molecule has 6 nitrogen and oxygen atoms in total. The number of halogens is 6. The smallest absolute Gasteiger partial charge is 0.369 e. The molecule has 1 unspecified atom stereocenters. The predicted octanol–water partition coefficient (Wildman–Crippen LogP) is 4.86. The van der Waals surface area contributed by atoms with E-state index in [-0.39, 0.29) is 45.9 Å². The Bertz CT molecular complexity index is 1370. The molecule has 0 aliphatic heterocycles. The highest BCUT2D eigenvalue weighted by Crippen LogP contribution is 2.34. The summed E-state index contributed by atoms with van der Waals surface area (Å²) >= 11 is 5.68. The molecule has 2 N–H and O–H groups in total. The SMILES string of the molecule is CN(c1ccc(C(CCc2ccc(C(F)(F)F)nc2-c2ccc(Cl)c(F)c2)C(N)=O)cc1F)[SH](=O)=O. The molecule has 192 valence electrons. The average Bonchev–Trinajstić information content (AvgIpc) is 2.80. The highest BCUT2D eigenvalue weighted by atomic mass is 35.5. The van der Waals surface area contributed by atoms with E-state index in [0.717, 1.165) is 25.2 Å². The van der Waals surface area contributed by atoms with Crippen LogP contribution < -0.4 is 10.0 Å². The predicted molar refractivity (Wildman–Crippen MR) is 125 cm³/mol. The van der Waals surface area contributed by atoms with E-state index in [2.05, 4.69) is 4.98 Å². The minimum absolute atomic E-state index is 0.0198. The van der Waals surface area contributed by atoms with Crippen molar-refractivity contribution in [3.63, 3.8) is 0 Å². The minimum atomic E-state index is -4.75. The lowest BCUT2D eigenvalue weighted by molar-refractivity contribution is -0.141. The van der Waals surface area contributed by atoms with Crippen LogP contribution in [0.15, 0.2) is 48.5 Å². The molecule has 13 heteroatoms. The van der Waals surface area contributed by atoms with Gasteiger partial charge in [0.05, 0.1) is 22.3 Å². The monoisotopic (exact) mass is 547 g/mol. The number of aromatic nitrogens is 1. The van der Waals surface area contributed by atoms with E-state index in [9.17, 15) is 35.2 Å². The first kappa shape index (κ1) is 27.3. The number of benzene rings is 2. The van der Waals surface area contributed by atoms with Crippen molar-refractivity contribution in [2.45, 2.75) is 24.9 Å². The number of thiol groups is 1. The highest BCUT2D eigenvalue weighted by molar-refractivity contribution is 7.74. The Morgan fingerprint density at radius 1 is 1.08 bits per heavy atom. The number of hydrogen-bond acceptors (Lipinski definition) is 4. The molecule has 0 aliphatic rings. The third-order valence-corrected chi connectivity index (χ3v) is 6.49. The van der Waals surface area contributed by atoms with Gasteiger partial charge in [-0.05, 0) is 54.3 Å². The van der Waals surface area contributed by atoms with Crippen LogP contribution in [0.3, 0.4) is 0 Å². The second kappa shape index (κ2) is 10.8. The standard InChI is InChI=1S/C23H19ClF5N3O3S/c1-32(36(34)35)19-8-4-13(10-18(19)26)15(22(30)33)6-2-12-5-9-20(23(27,28)29)31-21(12)14-3-7-16(24)17(25)11-14/h3-5,7-11,15,36H,2,6H2,1H3,(H2,30,33). The molecule has 36 heavy (non-hydrogen) atoms. The number of primary amides is 1. The molecule has 1 atom stereocenters. The molecule has 0 aliphatic carbocycles. The van der Waals surface area contributed by atoms with Crippen molar-refractivity contribution in [1.82, 2.24) is 4.98 Å². The third-order valence-electron chi connectivity index (χ3n) is 5.48. The van der Waals surface area contributed by atoms with E-state index >= 15 is 0 Å². The zero-order valence-corrected chi connectivity index (χ0v) is 20.2. The molecule has 0 saturated heterocycles. The molecular weight excluding hydrogens is 529 g/mol. The van der Waals surface area contributed by atoms with Crippen LogP contribution in [0.4, 0.5) is 27.6 Å². The maximum atomic E-state index is 14.5. The number of hydrogen-bond donors (Lipinski definition) is 2. The van der Waals surface area contributed by atoms with Crippen LogP contribution in [0, 0.1) is 11.6 Å². The number of alkyl halides is 3. The second-order valence-corrected chi connectivity index (χ2v) is 9.28. The quantitative estimate of drug-likeness (QED) is 0.311. The number of nitrogens with zero attached hydrogens (tertiary/aromatic N) is 2. The highest BCUT2D eigenvalue weighted by Gasteiger charge is 2.33. The summed E-state index contributed by atoms with van der Waals surface area (Å²) in [6.45, 7) is 0. The van der Waals surface area contributed by atoms with Crippen LogP contribution >= 0.6 is 11.6 Å². The van der Waals surface area contributed by atoms with Gasteiger partial charge in [0.25, 0.3) is 0 Å². The maximum absolute atomic E-state index is 14.5. The number of pyridine rings is 1. The van der Waals surface area contributed by atoms with Crippen LogP contribution in [-0.2, 0) is 28.3 Å². The van der Waals surface area contributed by atoms with E-state index in [1.54, 1.807) is 0 Å². The Labute approximate surface area is 209 Å². The molecule has 1 amide bonds. The molecule has 3 rings (SSSR count). The van der Waals surface area contributed by atoms with Gasteiger partial charge in [0, 0.05) is 12.6 Å². The minimum Gasteiger partial charge on any atom is -0.369 e. The van der Waals surface area contributed by atoms with Crippen LogP contribution in [0.1, 0.15) is 29.2 Å². The fourth-order valence-electron chi connectivity index (χ4n) is 3.60. The summed E-state index contributed by atoms with van der Waals surface area (Å²) in [5, 5.41) is -0.223. The molecule has 0 radical (unpaired) electrons. The lowest BCUT2D eigenvalue weighted by atomic mass is 9.90. The maximum Gasteiger partial charge on any atom is 0.433 e. The largest absolute Gasteiger partial charge is 0.433 e. The summed E-state index contributed by atoms with van der Waals surface area (Å²) in [7, 11) is -1.94. The van der Waals surface area contributed by atoms with Crippen molar-refractivity contribution in [3.05, 3.63) is 82.0 Å². The van der Waals surface area contributed by atoms with Gasteiger partial charge < -0.3 is 5.73 Å². The summed E-state index contributed by atoms with van der Waals surface area (Å²) in [6, 6.07) is 8.86. The summed E-state index contributed by atoms with van der Waals surface area (Å²) < 4.78 is 91.4. The van der Waals surface area contributed by atoms with Gasteiger partial charge in [0.1, 0.15) is 17.3 Å². The van der Waals surface area contributed by atoms with Crippen LogP contribution in [-0.4, -0.2) is 26.4 Å². The third kappa shape index (κ3) is 6.11. The molecular formula is C23H19ClF5N3O3S. The summed E-state index contributed by atoms with van der Waals surface area (Å²) in [4.78, 5) is 15.8. The van der Waals surface area contributed by atoms with Crippen LogP contribution in [0.5, 0.6) is 0 Å². The van der Waals surface area contributed by atoms with Crippen molar-refractivity contribution in [3.8, 4) is 11.3 Å². The van der Waals surface area contributed by atoms with Crippen molar-refractivity contribution in [1.29, 1.82) is 0 Å². The van der Waals surface area contributed by atoms with E-state index in [1.165, 1.54) is 30.3 Å². The lowest BCUT2D eigenvalue weighted by Crippen LogP contribution is -2.23. The summed E-state index contributed by atoms with van der Waals surface area (Å²) in [5.41, 5.74) is 4.36. The Balaban J connectivity index is 1.97. The first-order valence-electron chi connectivity index (χ1n) is 10.3. The van der Waals surface area contributed by atoms with Crippen LogP contribution in [0.2, 0.25) is 5.02 Å². The molecule has 0 bridgehead atoms. The normalized spacial score (nSPS) is 12.6. The number of aryl methyl sites for hydroxylation is 1. The van der Waals surface area contributed by atoms with Gasteiger partial charge >= 0.3 is 6.18 Å². The van der Waals surface area contributed by atoms with E-state index < -0.39 is 46.2 Å². The van der Waals surface area contributed by atoms with Gasteiger partial charge in [0.15, 0.2) is 0 Å². The first-order valence-corrected chi connectivity index (χ1v) is 11.8. The van der Waals surface area contributed by atoms with Crippen molar-refractivity contribution >= 4 is 34.1 Å². The number of anilines is 1. The van der Waals surface area contributed by atoms with Gasteiger partial charge in [-0.2, -0.15) is 13.2 Å². The molecule has 1 aromatic heterocycles. The number of carbonyl (C=O) groups excluding carboxylic acids is 1. The zero-order valence-electron chi connectivity index (χ0n) is 18.5. The first-order chi connectivity index (χ1) is 16.8. The molecule has 0 spiro atoms. The number of nitrogens with two attached hydrogens (primary N) is 1. The van der Waals surface area contributed by atoms with Gasteiger partial charge in [-0.15, -0.1) is 0 Å². The van der Waals surface area contributed by atoms with E-state index in [1.807, 2.05) is 0 Å². The van der Waals surface area contributed by atoms with Crippen molar-refractivity contribution in [2.24, 2.45) is 5.73 Å². The lowest BCUT2D eigenvalue weighted by Gasteiger charge is -2.18.